The third-order valence-corrected chi connectivity index (χ3v) is 3.76. The minimum absolute atomic E-state index is 0.303. The van der Waals surface area contributed by atoms with Gasteiger partial charge in [-0.3, -0.25) is 4.57 Å². The minimum Gasteiger partial charge on any atom is -0.408 e. The summed E-state index contributed by atoms with van der Waals surface area (Å²) in [6.45, 7) is 3.13. The van der Waals surface area contributed by atoms with Gasteiger partial charge in [0.05, 0.1) is 5.52 Å². The number of aryl methyl sites for hydroxylation is 1. The Labute approximate surface area is 111 Å². The van der Waals surface area contributed by atoms with Crippen LogP contribution in [0.3, 0.4) is 0 Å². The number of rotatable bonds is 4. The van der Waals surface area contributed by atoms with Gasteiger partial charge in [-0.05, 0) is 43.6 Å². The second-order valence-electron chi connectivity index (χ2n) is 5.12. The van der Waals surface area contributed by atoms with Crippen LogP contribution in [0.25, 0.3) is 11.1 Å². The van der Waals surface area contributed by atoms with E-state index in [2.05, 4.69) is 16.7 Å². The first-order valence-electron chi connectivity index (χ1n) is 6.76. The molecule has 1 fully saturated rings. The van der Waals surface area contributed by atoms with E-state index in [0.717, 1.165) is 31.6 Å². The highest BCUT2D eigenvalue weighted by Gasteiger charge is 2.13. The Morgan fingerprint density at radius 1 is 1.53 bits per heavy atom. The van der Waals surface area contributed by atoms with Gasteiger partial charge in [-0.15, -0.1) is 0 Å². The summed E-state index contributed by atoms with van der Waals surface area (Å²) in [6, 6.07) is 6.57. The topological polar surface area (TPSA) is 59.2 Å². The molecule has 0 bridgehead atoms. The first kappa shape index (κ1) is 12.4. The van der Waals surface area contributed by atoms with E-state index in [4.69, 9.17) is 4.42 Å². The zero-order valence-electron chi connectivity index (χ0n) is 11.1. The molecule has 3 rings (SSSR count). The Morgan fingerprint density at radius 3 is 3.21 bits per heavy atom. The molecule has 1 saturated heterocycles. The highest BCUT2D eigenvalue weighted by molar-refractivity contribution is 5.73. The van der Waals surface area contributed by atoms with Crippen LogP contribution >= 0.6 is 0 Å². The summed E-state index contributed by atoms with van der Waals surface area (Å²) in [5.74, 6) is -0.303. The summed E-state index contributed by atoms with van der Waals surface area (Å²) in [4.78, 5) is 11.4. The Balaban J connectivity index is 1.66. The summed E-state index contributed by atoms with van der Waals surface area (Å²) < 4.78 is 6.73. The summed E-state index contributed by atoms with van der Waals surface area (Å²) in [6.07, 6.45) is 2.15. The van der Waals surface area contributed by atoms with Gasteiger partial charge < -0.3 is 15.1 Å². The first-order chi connectivity index (χ1) is 9.24. The van der Waals surface area contributed by atoms with Crippen molar-refractivity contribution in [3.8, 4) is 0 Å². The SMILES string of the molecule is Cn1c(=O)oc2cc(CCNC3CCNC3)ccc21. The third kappa shape index (κ3) is 2.57. The average molecular weight is 261 g/mol. The number of fused-ring (bicyclic) bond motifs is 1. The highest BCUT2D eigenvalue weighted by atomic mass is 16.4. The molecule has 1 aliphatic rings. The lowest BCUT2D eigenvalue weighted by atomic mass is 10.1. The smallest absolute Gasteiger partial charge is 0.408 e. The minimum atomic E-state index is -0.303. The second kappa shape index (κ2) is 5.19. The van der Waals surface area contributed by atoms with Gasteiger partial charge >= 0.3 is 5.76 Å². The standard InChI is InChI=1S/C14H19N3O2/c1-17-12-3-2-10(8-13(12)19-14(17)18)4-7-16-11-5-6-15-9-11/h2-3,8,11,15-16H,4-7,9H2,1H3. The molecule has 2 aromatic rings. The number of benzene rings is 1. The van der Waals surface area contributed by atoms with Crippen molar-refractivity contribution >= 4 is 11.1 Å². The molecular weight excluding hydrogens is 242 g/mol. The average Bonchev–Trinajstić information content (AvgIpc) is 3.00. The molecule has 19 heavy (non-hydrogen) atoms. The Kier molecular flexibility index (Phi) is 3.40. The normalized spacial score (nSPS) is 19.3. The Bertz CT molecular complexity index is 623. The lowest BCUT2D eigenvalue weighted by Gasteiger charge is -2.10. The summed E-state index contributed by atoms with van der Waals surface area (Å²) in [5, 5.41) is 6.87. The fourth-order valence-electron chi connectivity index (χ4n) is 2.58. The number of oxazole rings is 1. The van der Waals surface area contributed by atoms with Crippen molar-refractivity contribution in [3.63, 3.8) is 0 Å². The molecule has 2 heterocycles. The molecule has 1 unspecified atom stereocenters. The van der Waals surface area contributed by atoms with Crippen molar-refractivity contribution < 1.29 is 4.42 Å². The second-order valence-corrected chi connectivity index (χ2v) is 5.12. The molecule has 0 saturated carbocycles. The van der Waals surface area contributed by atoms with Crippen molar-refractivity contribution in [1.82, 2.24) is 15.2 Å². The summed E-state index contributed by atoms with van der Waals surface area (Å²) >= 11 is 0. The van der Waals surface area contributed by atoms with Crippen LogP contribution in [-0.4, -0.2) is 30.2 Å². The highest BCUT2D eigenvalue weighted by Crippen LogP contribution is 2.14. The van der Waals surface area contributed by atoms with Gasteiger partial charge in [0.25, 0.3) is 0 Å². The van der Waals surface area contributed by atoms with Crippen molar-refractivity contribution in [2.45, 2.75) is 18.9 Å². The molecule has 1 aromatic carbocycles. The maximum Gasteiger partial charge on any atom is 0.419 e. The number of aromatic nitrogens is 1. The van der Waals surface area contributed by atoms with E-state index in [0.29, 0.717) is 11.6 Å². The zero-order chi connectivity index (χ0) is 13.2. The van der Waals surface area contributed by atoms with E-state index in [-0.39, 0.29) is 5.76 Å². The van der Waals surface area contributed by atoms with Crippen LogP contribution in [0.5, 0.6) is 0 Å². The Morgan fingerprint density at radius 2 is 2.42 bits per heavy atom. The van der Waals surface area contributed by atoms with Crippen LogP contribution < -0.4 is 16.4 Å². The summed E-state index contributed by atoms with van der Waals surface area (Å²) in [7, 11) is 1.72. The fourth-order valence-corrected chi connectivity index (χ4v) is 2.58. The number of nitrogens with zero attached hydrogens (tertiary/aromatic N) is 1. The quantitative estimate of drug-likeness (QED) is 0.847. The lowest BCUT2D eigenvalue weighted by Crippen LogP contribution is -2.32. The Hall–Kier alpha value is -1.59. The predicted molar refractivity (Wildman–Crippen MR) is 74.4 cm³/mol. The summed E-state index contributed by atoms with van der Waals surface area (Å²) in [5.41, 5.74) is 2.72. The maximum absolute atomic E-state index is 11.4. The van der Waals surface area contributed by atoms with Crippen LogP contribution in [0.2, 0.25) is 0 Å². The van der Waals surface area contributed by atoms with Crippen LogP contribution in [-0.2, 0) is 13.5 Å². The van der Waals surface area contributed by atoms with E-state index >= 15 is 0 Å². The largest absolute Gasteiger partial charge is 0.419 e. The van der Waals surface area contributed by atoms with Crippen molar-refractivity contribution in [2.75, 3.05) is 19.6 Å². The molecule has 5 heteroatoms. The van der Waals surface area contributed by atoms with Gasteiger partial charge in [0, 0.05) is 19.6 Å². The van der Waals surface area contributed by atoms with Crippen molar-refractivity contribution in [2.24, 2.45) is 7.05 Å². The molecule has 2 N–H and O–H groups in total. The molecule has 5 nitrogen and oxygen atoms in total. The van der Waals surface area contributed by atoms with Gasteiger partial charge in [-0.2, -0.15) is 0 Å². The molecule has 0 spiro atoms. The first-order valence-corrected chi connectivity index (χ1v) is 6.76. The number of nitrogens with one attached hydrogen (secondary N) is 2. The monoisotopic (exact) mass is 261 g/mol. The zero-order valence-corrected chi connectivity index (χ0v) is 11.1. The van der Waals surface area contributed by atoms with Crippen LogP contribution in [0, 0.1) is 0 Å². The van der Waals surface area contributed by atoms with E-state index in [1.165, 1.54) is 16.6 Å². The van der Waals surface area contributed by atoms with E-state index in [1.54, 1.807) is 7.05 Å². The van der Waals surface area contributed by atoms with Gasteiger partial charge in [-0.1, -0.05) is 6.07 Å². The van der Waals surface area contributed by atoms with Gasteiger partial charge in [-0.25, -0.2) is 4.79 Å². The fraction of sp³-hybridized carbons (Fsp3) is 0.500. The molecule has 102 valence electrons. The van der Waals surface area contributed by atoms with Crippen LogP contribution in [0.4, 0.5) is 0 Å². The molecule has 0 radical (unpaired) electrons. The maximum atomic E-state index is 11.4. The molecular formula is C14H19N3O2. The van der Waals surface area contributed by atoms with Crippen molar-refractivity contribution in [3.05, 3.63) is 34.3 Å². The van der Waals surface area contributed by atoms with Crippen molar-refractivity contribution in [1.29, 1.82) is 0 Å². The van der Waals surface area contributed by atoms with Crippen LogP contribution in [0.15, 0.2) is 27.4 Å². The third-order valence-electron chi connectivity index (χ3n) is 3.76. The predicted octanol–water partition coefficient (Wildman–Crippen LogP) is 0.625. The lowest BCUT2D eigenvalue weighted by molar-refractivity contribution is 0.527. The van der Waals surface area contributed by atoms with Gasteiger partial charge in [0.1, 0.15) is 0 Å². The van der Waals surface area contributed by atoms with E-state index < -0.39 is 0 Å². The van der Waals surface area contributed by atoms with E-state index in [1.807, 2.05) is 12.1 Å². The number of hydrogen-bond acceptors (Lipinski definition) is 4. The molecule has 1 aliphatic heterocycles. The molecule has 1 atom stereocenters. The molecule has 1 aromatic heterocycles. The molecule has 0 aliphatic carbocycles. The van der Waals surface area contributed by atoms with Crippen LogP contribution in [0.1, 0.15) is 12.0 Å². The molecule has 0 amide bonds. The van der Waals surface area contributed by atoms with Gasteiger partial charge in [0.2, 0.25) is 0 Å². The van der Waals surface area contributed by atoms with E-state index in [9.17, 15) is 4.79 Å². The number of hydrogen-bond donors (Lipinski definition) is 2. The van der Waals surface area contributed by atoms with Gasteiger partial charge in [0.15, 0.2) is 5.58 Å².